The quantitative estimate of drug-likeness (QED) is 0.787. The van der Waals surface area contributed by atoms with Gasteiger partial charge in [-0.25, -0.2) is 4.39 Å². The lowest BCUT2D eigenvalue weighted by Gasteiger charge is -2.12. The van der Waals surface area contributed by atoms with Crippen LogP contribution in [0.4, 0.5) is 21.5 Å². The van der Waals surface area contributed by atoms with E-state index < -0.39 is 5.82 Å². The van der Waals surface area contributed by atoms with Crippen molar-refractivity contribution in [3.05, 3.63) is 52.8 Å². The molecule has 0 radical (unpaired) electrons. The Bertz CT molecular complexity index is 555. The topological polar surface area (TPSA) is 38.0 Å². The van der Waals surface area contributed by atoms with E-state index in [-0.39, 0.29) is 5.69 Å². The number of para-hydroxylation sites is 1. The van der Waals surface area contributed by atoms with Gasteiger partial charge in [0.15, 0.2) is 0 Å². The van der Waals surface area contributed by atoms with Gasteiger partial charge in [0.25, 0.3) is 0 Å². The van der Waals surface area contributed by atoms with Crippen LogP contribution < -0.4 is 11.1 Å². The number of rotatable bonds is 2. The van der Waals surface area contributed by atoms with Crippen LogP contribution in [0.2, 0.25) is 5.02 Å². The number of halogens is 2. The molecular weight excluding hydrogens is 239 g/mol. The van der Waals surface area contributed by atoms with E-state index >= 15 is 0 Å². The Morgan fingerprint density at radius 1 is 1.18 bits per heavy atom. The van der Waals surface area contributed by atoms with Gasteiger partial charge in [-0.2, -0.15) is 0 Å². The van der Waals surface area contributed by atoms with Crippen LogP contribution in [0.1, 0.15) is 5.56 Å². The Hall–Kier alpha value is -1.74. The molecule has 2 aromatic carbocycles. The first-order chi connectivity index (χ1) is 8.08. The maximum absolute atomic E-state index is 13.3. The van der Waals surface area contributed by atoms with Crippen molar-refractivity contribution in [3.63, 3.8) is 0 Å². The summed E-state index contributed by atoms with van der Waals surface area (Å²) in [6.45, 7) is 1.92. The van der Waals surface area contributed by atoms with E-state index in [1.165, 1.54) is 6.07 Å². The second-order valence-electron chi connectivity index (χ2n) is 3.79. The van der Waals surface area contributed by atoms with Crippen LogP contribution in [0.3, 0.4) is 0 Å². The van der Waals surface area contributed by atoms with Crippen LogP contribution in [0.15, 0.2) is 36.4 Å². The first-order valence-electron chi connectivity index (χ1n) is 5.15. The average Bonchev–Trinajstić information content (AvgIpc) is 2.28. The van der Waals surface area contributed by atoms with Crippen molar-refractivity contribution in [2.45, 2.75) is 6.92 Å². The number of hydrogen-bond acceptors (Lipinski definition) is 2. The second kappa shape index (κ2) is 4.63. The molecule has 3 N–H and O–H groups in total. The molecule has 2 aromatic rings. The van der Waals surface area contributed by atoms with Gasteiger partial charge in [0.05, 0.1) is 11.4 Å². The van der Waals surface area contributed by atoms with E-state index in [0.717, 1.165) is 11.3 Å². The summed E-state index contributed by atoms with van der Waals surface area (Å²) in [6.07, 6.45) is 0. The molecule has 0 unspecified atom stereocenters. The highest BCUT2D eigenvalue weighted by molar-refractivity contribution is 6.30. The van der Waals surface area contributed by atoms with Gasteiger partial charge in [-0.05, 0) is 42.8 Å². The SMILES string of the molecule is Cc1cc(Cl)ccc1Nc1cccc(F)c1N. The maximum atomic E-state index is 13.3. The average molecular weight is 251 g/mol. The lowest BCUT2D eigenvalue weighted by Crippen LogP contribution is -1.99. The summed E-state index contributed by atoms with van der Waals surface area (Å²) in [7, 11) is 0. The molecule has 0 saturated carbocycles. The Balaban J connectivity index is 2.35. The highest BCUT2D eigenvalue weighted by Gasteiger charge is 2.06. The summed E-state index contributed by atoms with van der Waals surface area (Å²) >= 11 is 5.86. The fraction of sp³-hybridized carbons (Fsp3) is 0.0769. The smallest absolute Gasteiger partial charge is 0.148 e. The number of aryl methyl sites for hydroxylation is 1. The molecule has 0 spiro atoms. The van der Waals surface area contributed by atoms with Gasteiger partial charge >= 0.3 is 0 Å². The summed E-state index contributed by atoms with van der Waals surface area (Å²) in [5.41, 5.74) is 8.14. The van der Waals surface area contributed by atoms with Crippen LogP contribution >= 0.6 is 11.6 Å². The third-order valence-electron chi connectivity index (χ3n) is 2.51. The van der Waals surface area contributed by atoms with Gasteiger partial charge in [0, 0.05) is 10.7 Å². The molecule has 2 nitrogen and oxygen atoms in total. The fourth-order valence-corrected chi connectivity index (χ4v) is 1.79. The monoisotopic (exact) mass is 250 g/mol. The van der Waals surface area contributed by atoms with E-state index in [2.05, 4.69) is 5.32 Å². The molecule has 0 aliphatic rings. The number of anilines is 3. The standard InChI is InChI=1S/C13H12ClFN2/c1-8-7-9(14)5-6-11(8)17-12-4-2-3-10(15)13(12)16/h2-7,17H,16H2,1H3. The van der Waals surface area contributed by atoms with Gasteiger partial charge in [-0.3, -0.25) is 0 Å². The first-order valence-corrected chi connectivity index (χ1v) is 5.53. The number of nitrogens with one attached hydrogen (secondary N) is 1. The molecule has 0 aromatic heterocycles. The molecule has 0 heterocycles. The van der Waals surface area contributed by atoms with Crippen LogP contribution in [0.5, 0.6) is 0 Å². The molecule has 0 aliphatic carbocycles. The summed E-state index contributed by atoms with van der Waals surface area (Å²) in [5, 5.41) is 3.75. The van der Waals surface area contributed by atoms with Crippen molar-refractivity contribution in [2.24, 2.45) is 0 Å². The Morgan fingerprint density at radius 3 is 2.65 bits per heavy atom. The molecule has 0 aliphatic heterocycles. The summed E-state index contributed by atoms with van der Waals surface area (Å²) in [5.74, 6) is -0.429. The Labute approximate surface area is 104 Å². The zero-order valence-electron chi connectivity index (χ0n) is 9.30. The van der Waals surface area contributed by atoms with Crippen molar-refractivity contribution in [2.75, 3.05) is 11.1 Å². The summed E-state index contributed by atoms with van der Waals surface area (Å²) < 4.78 is 13.3. The number of benzene rings is 2. The normalized spacial score (nSPS) is 10.3. The minimum absolute atomic E-state index is 0.113. The molecule has 0 bridgehead atoms. The largest absolute Gasteiger partial charge is 0.395 e. The van der Waals surface area contributed by atoms with Gasteiger partial charge in [-0.15, -0.1) is 0 Å². The van der Waals surface area contributed by atoms with E-state index in [1.54, 1.807) is 18.2 Å². The highest BCUT2D eigenvalue weighted by Crippen LogP contribution is 2.28. The van der Waals surface area contributed by atoms with Crippen LogP contribution in [0, 0.1) is 12.7 Å². The van der Waals surface area contributed by atoms with E-state index in [4.69, 9.17) is 17.3 Å². The highest BCUT2D eigenvalue weighted by atomic mass is 35.5. The third-order valence-corrected chi connectivity index (χ3v) is 2.75. The number of hydrogen-bond donors (Lipinski definition) is 2. The molecular formula is C13H12ClFN2. The van der Waals surface area contributed by atoms with E-state index in [0.29, 0.717) is 10.7 Å². The van der Waals surface area contributed by atoms with Crippen molar-refractivity contribution in [1.29, 1.82) is 0 Å². The molecule has 88 valence electrons. The lowest BCUT2D eigenvalue weighted by atomic mass is 10.2. The minimum Gasteiger partial charge on any atom is -0.395 e. The zero-order valence-corrected chi connectivity index (χ0v) is 10.1. The van der Waals surface area contributed by atoms with Crippen LogP contribution in [0.25, 0.3) is 0 Å². The van der Waals surface area contributed by atoms with Gasteiger partial charge in [0.2, 0.25) is 0 Å². The van der Waals surface area contributed by atoms with Crippen LogP contribution in [-0.2, 0) is 0 Å². The van der Waals surface area contributed by atoms with E-state index in [9.17, 15) is 4.39 Å². The van der Waals surface area contributed by atoms with Crippen molar-refractivity contribution in [1.82, 2.24) is 0 Å². The molecule has 0 amide bonds. The first kappa shape index (κ1) is 11.7. The van der Waals surface area contributed by atoms with Crippen molar-refractivity contribution >= 4 is 28.7 Å². The minimum atomic E-state index is -0.429. The predicted octanol–water partition coefficient (Wildman–Crippen LogP) is 4.11. The Morgan fingerprint density at radius 2 is 1.94 bits per heavy atom. The van der Waals surface area contributed by atoms with Crippen LogP contribution in [-0.4, -0.2) is 0 Å². The molecule has 2 rings (SSSR count). The molecule has 0 atom stereocenters. The summed E-state index contributed by atoms with van der Waals surface area (Å²) in [4.78, 5) is 0. The van der Waals surface area contributed by atoms with Crippen molar-refractivity contribution in [3.8, 4) is 0 Å². The van der Waals surface area contributed by atoms with Gasteiger partial charge in [-0.1, -0.05) is 17.7 Å². The number of nitrogen functional groups attached to an aromatic ring is 1. The fourth-order valence-electron chi connectivity index (χ4n) is 1.56. The van der Waals surface area contributed by atoms with Gasteiger partial charge < -0.3 is 11.1 Å². The third kappa shape index (κ3) is 2.50. The molecule has 0 fully saturated rings. The molecule has 0 saturated heterocycles. The molecule has 4 heteroatoms. The number of nitrogens with two attached hydrogens (primary N) is 1. The van der Waals surface area contributed by atoms with E-state index in [1.807, 2.05) is 19.1 Å². The molecule has 17 heavy (non-hydrogen) atoms. The lowest BCUT2D eigenvalue weighted by molar-refractivity contribution is 0.633. The predicted molar refractivity (Wildman–Crippen MR) is 70.3 cm³/mol. The van der Waals surface area contributed by atoms with Crippen molar-refractivity contribution < 1.29 is 4.39 Å². The maximum Gasteiger partial charge on any atom is 0.148 e. The van der Waals surface area contributed by atoms with Gasteiger partial charge in [0.1, 0.15) is 5.82 Å². The Kier molecular flexibility index (Phi) is 3.20. The second-order valence-corrected chi connectivity index (χ2v) is 4.22. The zero-order chi connectivity index (χ0) is 12.4. The summed E-state index contributed by atoms with van der Waals surface area (Å²) in [6, 6.07) is 10.1.